The van der Waals surface area contributed by atoms with Crippen molar-refractivity contribution in [2.24, 2.45) is 5.73 Å². The minimum absolute atomic E-state index is 0.0172. The van der Waals surface area contributed by atoms with Gasteiger partial charge in [-0.2, -0.15) is 0 Å². The van der Waals surface area contributed by atoms with Crippen molar-refractivity contribution in [2.45, 2.75) is 46.5 Å². The van der Waals surface area contributed by atoms with Crippen LogP contribution in [0.4, 0.5) is 0 Å². The number of nitrogens with two attached hydrogens (primary N) is 1. The minimum atomic E-state index is 0.0172. The van der Waals surface area contributed by atoms with Crippen molar-refractivity contribution in [3.8, 4) is 5.75 Å². The normalized spacial score (nSPS) is 10.4. The van der Waals surface area contributed by atoms with E-state index in [-0.39, 0.29) is 5.84 Å². The Bertz CT molecular complexity index is 416. The van der Waals surface area contributed by atoms with Gasteiger partial charge < -0.3 is 10.5 Å². The molecule has 0 aliphatic carbocycles. The summed E-state index contributed by atoms with van der Waals surface area (Å²) in [5, 5.41) is 7.59. The predicted octanol–water partition coefficient (Wildman–Crippen LogP) is 2.94. The molecule has 3 N–H and O–H groups in total. The molecular weight excluding hydrogens is 226 g/mol. The Morgan fingerprint density at radius 3 is 2.67 bits per heavy atom. The summed E-state index contributed by atoms with van der Waals surface area (Å²) in [6.45, 7) is 6.63. The number of nitrogens with zero attached hydrogens (tertiary/aromatic N) is 1. The van der Waals surface area contributed by atoms with Crippen LogP contribution in [0.5, 0.6) is 5.75 Å². The third-order valence-electron chi connectivity index (χ3n) is 2.82. The minimum Gasteiger partial charge on any atom is -0.493 e. The number of amidine groups is 1. The fraction of sp³-hybridized carbons (Fsp3) is 0.571. The second-order valence-corrected chi connectivity index (χ2v) is 4.54. The Kier molecular flexibility index (Phi) is 5.62. The molecule has 0 saturated heterocycles. The molecule has 0 saturated carbocycles. The molecule has 1 aromatic rings. The Balaban J connectivity index is 2.71. The van der Waals surface area contributed by atoms with Crippen molar-refractivity contribution in [2.75, 3.05) is 6.61 Å². The maximum atomic E-state index is 7.59. The van der Waals surface area contributed by atoms with Crippen LogP contribution < -0.4 is 10.5 Å². The van der Waals surface area contributed by atoms with E-state index in [1.165, 1.54) is 19.3 Å². The van der Waals surface area contributed by atoms with Crippen LogP contribution in [-0.4, -0.2) is 17.4 Å². The number of nitrogens with one attached hydrogen (secondary N) is 1. The maximum Gasteiger partial charge on any atom is 0.133 e. The zero-order valence-electron chi connectivity index (χ0n) is 11.5. The number of unbranched alkanes of at least 4 members (excludes halogenated alkanes) is 3. The number of pyridine rings is 1. The van der Waals surface area contributed by atoms with Gasteiger partial charge in [0.1, 0.15) is 11.6 Å². The van der Waals surface area contributed by atoms with Gasteiger partial charge in [-0.15, -0.1) is 0 Å². The van der Waals surface area contributed by atoms with Crippen molar-refractivity contribution < 1.29 is 4.74 Å². The monoisotopic (exact) mass is 249 g/mol. The van der Waals surface area contributed by atoms with Gasteiger partial charge >= 0.3 is 0 Å². The molecule has 0 spiro atoms. The lowest BCUT2D eigenvalue weighted by Crippen LogP contribution is -2.16. The summed E-state index contributed by atoms with van der Waals surface area (Å²) in [6, 6.07) is 1.85. The first kappa shape index (κ1) is 14.5. The topological polar surface area (TPSA) is 72.0 Å². The van der Waals surface area contributed by atoms with Crippen LogP contribution in [0.25, 0.3) is 0 Å². The van der Waals surface area contributed by atoms with Crippen LogP contribution in [0, 0.1) is 19.3 Å². The van der Waals surface area contributed by atoms with Crippen LogP contribution in [0.15, 0.2) is 6.07 Å². The largest absolute Gasteiger partial charge is 0.493 e. The quantitative estimate of drug-likeness (QED) is 0.443. The molecule has 0 aliphatic heterocycles. The standard InChI is InChI=1S/C14H23N3O/c1-4-5-6-7-8-18-12-9-10(2)17-11(3)13(12)14(15)16/h9H,4-8H2,1-3H3,(H3,15,16). The molecule has 100 valence electrons. The molecular formula is C14H23N3O. The van der Waals surface area contributed by atoms with Gasteiger partial charge in [0.2, 0.25) is 0 Å². The van der Waals surface area contributed by atoms with E-state index < -0.39 is 0 Å². The summed E-state index contributed by atoms with van der Waals surface area (Å²) in [5.74, 6) is 0.701. The summed E-state index contributed by atoms with van der Waals surface area (Å²) in [6.07, 6.45) is 4.66. The number of ether oxygens (including phenoxy) is 1. The van der Waals surface area contributed by atoms with Crippen molar-refractivity contribution >= 4 is 5.84 Å². The second kappa shape index (κ2) is 6.99. The van der Waals surface area contributed by atoms with E-state index >= 15 is 0 Å². The molecule has 4 heteroatoms. The lowest BCUT2D eigenvalue weighted by atomic mass is 10.1. The van der Waals surface area contributed by atoms with E-state index in [2.05, 4.69) is 11.9 Å². The van der Waals surface area contributed by atoms with Gasteiger partial charge in [0.25, 0.3) is 0 Å². The van der Waals surface area contributed by atoms with Gasteiger partial charge in [0, 0.05) is 11.8 Å². The Hall–Kier alpha value is -1.58. The summed E-state index contributed by atoms with van der Waals surface area (Å²) >= 11 is 0. The number of nitrogen functional groups attached to an aromatic ring is 1. The van der Waals surface area contributed by atoms with Crippen molar-refractivity contribution in [3.63, 3.8) is 0 Å². The molecule has 0 aromatic carbocycles. The molecule has 0 atom stereocenters. The highest BCUT2D eigenvalue weighted by Crippen LogP contribution is 2.22. The second-order valence-electron chi connectivity index (χ2n) is 4.54. The number of aryl methyl sites for hydroxylation is 2. The maximum absolute atomic E-state index is 7.59. The molecule has 1 heterocycles. The van der Waals surface area contributed by atoms with Crippen molar-refractivity contribution in [1.82, 2.24) is 4.98 Å². The molecule has 0 fully saturated rings. The number of hydrogen-bond acceptors (Lipinski definition) is 3. The van der Waals surface area contributed by atoms with E-state index in [1.807, 2.05) is 19.9 Å². The third-order valence-corrected chi connectivity index (χ3v) is 2.82. The lowest BCUT2D eigenvalue weighted by Gasteiger charge is -2.13. The fourth-order valence-electron chi connectivity index (χ4n) is 1.95. The highest BCUT2D eigenvalue weighted by atomic mass is 16.5. The average Bonchev–Trinajstić information content (AvgIpc) is 2.27. The number of aromatic nitrogens is 1. The van der Waals surface area contributed by atoms with Crippen molar-refractivity contribution in [1.29, 1.82) is 5.41 Å². The van der Waals surface area contributed by atoms with Gasteiger partial charge in [-0.25, -0.2) is 0 Å². The molecule has 0 amide bonds. The Morgan fingerprint density at radius 2 is 2.06 bits per heavy atom. The number of rotatable bonds is 7. The third kappa shape index (κ3) is 4.02. The van der Waals surface area contributed by atoms with Crippen LogP contribution >= 0.6 is 0 Å². The predicted molar refractivity (Wildman–Crippen MR) is 74.4 cm³/mol. The molecule has 0 radical (unpaired) electrons. The van der Waals surface area contributed by atoms with Crippen LogP contribution in [0.2, 0.25) is 0 Å². The van der Waals surface area contributed by atoms with E-state index in [9.17, 15) is 0 Å². The molecule has 0 aliphatic rings. The SMILES string of the molecule is CCCCCCOc1cc(C)nc(C)c1C(=N)N. The molecule has 4 nitrogen and oxygen atoms in total. The zero-order valence-corrected chi connectivity index (χ0v) is 11.5. The summed E-state index contributed by atoms with van der Waals surface area (Å²) in [5.41, 5.74) is 7.85. The van der Waals surface area contributed by atoms with E-state index in [0.717, 1.165) is 17.8 Å². The van der Waals surface area contributed by atoms with Gasteiger partial charge in [-0.05, 0) is 20.3 Å². The summed E-state index contributed by atoms with van der Waals surface area (Å²) in [7, 11) is 0. The van der Waals surface area contributed by atoms with E-state index in [4.69, 9.17) is 15.9 Å². The Labute approximate surface area is 109 Å². The zero-order chi connectivity index (χ0) is 13.5. The van der Waals surface area contributed by atoms with E-state index in [0.29, 0.717) is 17.9 Å². The first-order chi connectivity index (χ1) is 8.56. The van der Waals surface area contributed by atoms with E-state index in [1.54, 1.807) is 0 Å². The highest BCUT2D eigenvalue weighted by molar-refractivity contribution is 5.98. The van der Waals surface area contributed by atoms with Gasteiger partial charge in [0.15, 0.2) is 0 Å². The highest BCUT2D eigenvalue weighted by Gasteiger charge is 2.12. The first-order valence-electron chi connectivity index (χ1n) is 6.51. The lowest BCUT2D eigenvalue weighted by molar-refractivity contribution is 0.303. The van der Waals surface area contributed by atoms with Gasteiger partial charge in [-0.3, -0.25) is 10.4 Å². The van der Waals surface area contributed by atoms with Crippen LogP contribution in [-0.2, 0) is 0 Å². The molecule has 0 bridgehead atoms. The van der Waals surface area contributed by atoms with Crippen LogP contribution in [0.1, 0.15) is 49.6 Å². The molecule has 1 rings (SSSR count). The number of hydrogen-bond donors (Lipinski definition) is 2. The first-order valence-corrected chi connectivity index (χ1v) is 6.51. The average molecular weight is 249 g/mol. The fourth-order valence-corrected chi connectivity index (χ4v) is 1.95. The molecule has 0 unspecified atom stereocenters. The molecule has 1 aromatic heterocycles. The van der Waals surface area contributed by atoms with Gasteiger partial charge in [-0.1, -0.05) is 26.2 Å². The molecule has 18 heavy (non-hydrogen) atoms. The van der Waals surface area contributed by atoms with Crippen molar-refractivity contribution in [3.05, 3.63) is 23.0 Å². The summed E-state index contributed by atoms with van der Waals surface area (Å²) in [4.78, 5) is 4.31. The van der Waals surface area contributed by atoms with Gasteiger partial charge in [0.05, 0.1) is 17.9 Å². The van der Waals surface area contributed by atoms with Crippen LogP contribution in [0.3, 0.4) is 0 Å². The Morgan fingerprint density at radius 1 is 1.33 bits per heavy atom. The smallest absolute Gasteiger partial charge is 0.133 e. The summed E-state index contributed by atoms with van der Waals surface area (Å²) < 4.78 is 5.75.